The Labute approximate surface area is 131 Å². The van der Waals surface area contributed by atoms with Crippen LogP contribution in [0.25, 0.3) is 0 Å². The molecule has 0 aromatic heterocycles. The van der Waals surface area contributed by atoms with Gasteiger partial charge in [-0.3, -0.25) is 0 Å². The van der Waals surface area contributed by atoms with E-state index in [0.29, 0.717) is 15.6 Å². The molecule has 0 aliphatic rings. The lowest BCUT2D eigenvalue weighted by molar-refractivity contribution is 0.318. The van der Waals surface area contributed by atoms with E-state index in [9.17, 15) is 0 Å². The second-order valence-electron chi connectivity index (χ2n) is 4.14. The predicted molar refractivity (Wildman–Crippen MR) is 84.3 cm³/mol. The van der Waals surface area contributed by atoms with Crippen molar-refractivity contribution in [2.45, 2.75) is 16.7 Å². The van der Waals surface area contributed by atoms with Crippen molar-refractivity contribution in [3.05, 3.63) is 57.6 Å². The third kappa shape index (κ3) is 3.39. The van der Waals surface area contributed by atoms with E-state index in [1.54, 1.807) is 12.1 Å². The Hall–Kier alpha value is -1.36. The van der Waals surface area contributed by atoms with Gasteiger partial charge in [-0.15, -0.1) is 0 Å². The molecule has 0 spiro atoms. The molecule has 0 aliphatic carbocycles. The standard InChI is InChI=1S/C14H12Cl2N2OS/c1-8-6-10(3-4-11(8)14(17)18-19)20-13-7-9(15)2-5-12(13)16/h2-7,19H,1H3,(H2,17,18). The molecule has 6 heteroatoms. The van der Waals surface area contributed by atoms with Crippen LogP contribution in [-0.2, 0) is 0 Å². The lowest BCUT2D eigenvalue weighted by Gasteiger charge is -2.08. The number of oxime groups is 1. The predicted octanol–water partition coefficient (Wildman–Crippen LogP) is 4.55. The van der Waals surface area contributed by atoms with E-state index in [1.165, 1.54) is 11.8 Å². The van der Waals surface area contributed by atoms with Gasteiger partial charge in [-0.05, 0) is 48.9 Å². The Balaban J connectivity index is 2.31. The fourth-order valence-electron chi connectivity index (χ4n) is 1.72. The molecule has 0 saturated heterocycles. The summed E-state index contributed by atoms with van der Waals surface area (Å²) >= 11 is 13.6. The molecule has 20 heavy (non-hydrogen) atoms. The van der Waals surface area contributed by atoms with Crippen LogP contribution in [0.5, 0.6) is 0 Å². The second kappa shape index (κ2) is 6.39. The van der Waals surface area contributed by atoms with E-state index in [0.717, 1.165) is 15.4 Å². The quantitative estimate of drug-likeness (QED) is 0.376. The molecule has 0 amide bonds. The van der Waals surface area contributed by atoms with Crippen LogP contribution in [0.2, 0.25) is 10.0 Å². The normalized spacial score (nSPS) is 11.7. The molecule has 3 nitrogen and oxygen atoms in total. The largest absolute Gasteiger partial charge is 0.409 e. The number of nitrogens with two attached hydrogens (primary N) is 1. The molecule has 0 atom stereocenters. The molecule has 0 heterocycles. The second-order valence-corrected chi connectivity index (χ2v) is 6.10. The fraction of sp³-hybridized carbons (Fsp3) is 0.0714. The monoisotopic (exact) mass is 326 g/mol. The van der Waals surface area contributed by atoms with E-state index >= 15 is 0 Å². The van der Waals surface area contributed by atoms with Crippen molar-refractivity contribution in [2.75, 3.05) is 0 Å². The maximum Gasteiger partial charge on any atom is 0.170 e. The summed E-state index contributed by atoms with van der Waals surface area (Å²) in [6, 6.07) is 11.0. The van der Waals surface area contributed by atoms with Crippen molar-refractivity contribution >= 4 is 40.8 Å². The van der Waals surface area contributed by atoms with Crippen LogP contribution < -0.4 is 5.73 Å². The minimum Gasteiger partial charge on any atom is -0.409 e. The molecule has 0 saturated carbocycles. The van der Waals surface area contributed by atoms with Gasteiger partial charge in [0.05, 0.1) is 5.02 Å². The third-order valence-corrected chi connectivity index (χ3v) is 4.43. The summed E-state index contributed by atoms with van der Waals surface area (Å²) in [6.45, 7) is 1.90. The molecule has 2 aromatic carbocycles. The zero-order valence-corrected chi connectivity index (χ0v) is 12.9. The van der Waals surface area contributed by atoms with E-state index in [-0.39, 0.29) is 5.84 Å². The topological polar surface area (TPSA) is 58.6 Å². The number of nitrogens with zero attached hydrogens (tertiary/aromatic N) is 1. The van der Waals surface area contributed by atoms with Crippen LogP contribution >= 0.6 is 35.0 Å². The highest BCUT2D eigenvalue weighted by molar-refractivity contribution is 7.99. The zero-order chi connectivity index (χ0) is 14.7. The number of rotatable bonds is 3. The Kier molecular flexibility index (Phi) is 4.81. The van der Waals surface area contributed by atoms with E-state index in [4.69, 9.17) is 34.1 Å². The summed E-state index contributed by atoms with van der Waals surface area (Å²) in [6.07, 6.45) is 0. The highest BCUT2D eigenvalue weighted by atomic mass is 35.5. The van der Waals surface area contributed by atoms with Crippen LogP contribution in [0.4, 0.5) is 0 Å². The van der Waals surface area contributed by atoms with Crippen LogP contribution in [0.3, 0.4) is 0 Å². The first-order chi connectivity index (χ1) is 9.51. The van der Waals surface area contributed by atoms with E-state index < -0.39 is 0 Å². The molecule has 0 unspecified atom stereocenters. The van der Waals surface area contributed by atoms with Gasteiger partial charge in [-0.1, -0.05) is 40.1 Å². The number of benzene rings is 2. The summed E-state index contributed by atoms with van der Waals surface area (Å²) in [5, 5.41) is 13.0. The van der Waals surface area contributed by atoms with Gasteiger partial charge in [0.15, 0.2) is 5.84 Å². The average molecular weight is 327 g/mol. The number of amidine groups is 1. The van der Waals surface area contributed by atoms with Crippen molar-refractivity contribution in [2.24, 2.45) is 10.9 Å². The van der Waals surface area contributed by atoms with Gasteiger partial charge in [0.2, 0.25) is 0 Å². The van der Waals surface area contributed by atoms with Crippen LogP contribution in [-0.4, -0.2) is 11.0 Å². The Morgan fingerprint density at radius 2 is 1.95 bits per heavy atom. The summed E-state index contributed by atoms with van der Waals surface area (Å²) < 4.78 is 0. The first-order valence-corrected chi connectivity index (χ1v) is 7.30. The summed E-state index contributed by atoms with van der Waals surface area (Å²) in [5.74, 6) is 0.0971. The maximum atomic E-state index is 8.71. The fourth-order valence-corrected chi connectivity index (χ4v) is 3.17. The van der Waals surface area contributed by atoms with Crippen molar-refractivity contribution in [1.82, 2.24) is 0 Å². The van der Waals surface area contributed by atoms with Crippen LogP contribution in [0.1, 0.15) is 11.1 Å². The first kappa shape index (κ1) is 15.0. The third-order valence-electron chi connectivity index (χ3n) is 2.70. The van der Waals surface area contributed by atoms with E-state index in [1.807, 2.05) is 31.2 Å². The molecule has 0 fully saturated rings. The number of halogens is 2. The molecule has 3 N–H and O–H groups in total. The lowest BCUT2D eigenvalue weighted by atomic mass is 10.1. The Bertz CT molecular complexity index is 674. The van der Waals surface area contributed by atoms with Gasteiger partial charge in [-0.2, -0.15) is 0 Å². The van der Waals surface area contributed by atoms with Crippen molar-refractivity contribution in [1.29, 1.82) is 0 Å². The molecule has 0 radical (unpaired) electrons. The van der Waals surface area contributed by atoms with Gasteiger partial charge in [-0.25, -0.2) is 0 Å². The Morgan fingerprint density at radius 1 is 1.20 bits per heavy atom. The minimum atomic E-state index is 0.0971. The van der Waals surface area contributed by atoms with Gasteiger partial charge < -0.3 is 10.9 Å². The minimum absolute atomic E-state index is 0.0971. The van der Waals surface area contributed by atoms with Crippen LogP contribution in [0, 0.1) is 6.92 Å². The molecule has 2 rings (SSSR count). The van der Waals surface area contributed by atoms with Gasteiger partial charge in [0.25, 0.3) is 0 Å². The first-order valence-electron chi connectivity index (χ1n) is 5.72. The highest BCUT2D eigenvalue weighted by Gasteiger charge is 2.08. The molecular weight excluding hydrogens is 315 g/mol. The average Bonchev–Trinajstić information content (AvgIpc) is 2.42. The SMILES string of the molecule is Cc1cc(Sc2cc(Cl)ccc2Cl)ccc1/C(N)=N/O. The lowest BCUT2D eigenvalue weighted by Crippen LogP contribution is -2.14. The number of aryl methyl sites for hydroxylation is 1. The molecule has 104 valence electrons. The van der Waals surface area contributed by atoms with Gasteiger partial charge in [0.1, 0.15) is 0 Å². The molecular formula is C14H12Cl2N2OS. The maximum absolute atomic E-state index is 8.71. The summed E-state index contributed by atoms with van der Waals surface area (Å²) in [4.78, 5) is 1.89. The Morgan fingerprint density at radius 3 is 2.60 bits per heavy atom. The van der Waals surface area contributed by atoms with Crippen molar-refractivity contribution < 1.29 is 5.21 Å². The van der Waals surface area contributed by atoms with Gasteiger partial charge in [0, 0.05) is 20.4 Å². The number of hydrogen-bond acceptors (Lipinski definition) is 3. The molecule has 2 aromatic rings. The number of hydrogen-bond donors (Lipinski definition) is 2. The highest BCUT2D eigenvalue weighted by Crippen LogP contribution is 2.35. The zero-order valence-electron chi connectivity index (χ0n) is 10.6. The molecule has 0 aliphatic heterocycles. The smallest absolute Gasteiger partial charge is 0.170 e. The van der Waals surface area contributed by atoms with Crippen molar-refractivity contribution in [3.63, 3.8) is 0 Å². The molecule has 0 bridgehead atoms. The van der Waals surface area contributed by atoms with Gasteiger partial charge >= 0.3 is 0 Å². The summed E-state index contributed by atoms with van der Waals surface area (Å²) in [5.41, 5.74) is 7.22. The van der Waals surface area contributed by atoms with E-state index in [2.05, 4.69) is 5.16 Å². The van der Waals surface area contributed by atoms with Crippen molar-refractivity contribution in [3.8, 4) is 0 Å². The summed E-state index contributed by atoms with van der Waals surface area (Å²) in [7, 11) is 0. The van der Waals surface area contributed by atoms with Crippen LogP contribution in [0.15, 0.2) is 51.3 Å².